The third-order valence-corrected chi connectivity index (χ3v) is 6.94. The Morgan fingerprint density at radius 3 is 2.52 bits per heavy atom. The van der Waals surface area contributed by atoms with Crippen molar-refractivity contribution in [1.82, 2.24) is 0 Å². The van der Waals surface area contributed by atoms with Gasteiger partial charge in [0, 0.05) is 16.1 Å². The molecule has 1 saturated carbocycles. The lowest BCUT2D eigenvalue weighted by Crippen LogP contribution is -2.36. The van der Waals surface area contributed by atoms with E-state index in [9.17, 15) is 19.5 Å². The van der Waals surface area contributed by atoms with Crippen LogP contribution in [0.1, 0.15) is 54.3 Å². The molecule has 0 spiro atoms. The van der Waals surface area contributed by atoms with Gasteiger partial charge in [0.05, 0.1) is 6.04 Å². The molecule has 1 aromatic heterocycles. The molecule has 2 aromatic rings. The van der Waals surface area contributed by atoms with Gasteiger partial charge in [-0.15, -0.1) is 11.3 Å². The second kappa shape index (κ2) is 9.96. The summed E-state index contributed by atoms with van der Waals surface area (Å²) in [5.41, 5.74) is 2.16. The van der Waals surface area contributed by atoms with Gasteiger partial charge in [0.15, 0.2) is 17.3 Å². The smallest absolute Gasteiger partial charge is 0.349 e. The number of benzene rings is 1. The van der Waals surface area contributed by atoms with E-state index < -0.39 is 18.5 Å². The topological polar surface area (TPSA) is 113 Å². The number of Topliss-reactive ketones (excluding diaryl/α,β-unsaturated/α-hetero) is 1. The SMILES string of the molecule is CC(=O)C(Nc1cccc(-c2sc(C(=O)O)c(OCC(=O)O)c2C)c1)C1CCCCC1. The zero-order valence-electron chi connectivity index (χ0n) is 17.6. The number of thiophene rings is 1. The fourth-order valence-electron chi connectivity index (χ4n) is 4.17. The quantitative estimate of drug-likeness (QED) is 0.506. The number of ketones is 1. The largest absolute Gasteiger partial charge is 0.480 e. The molecule has 0 radical (unpaired) electrons. The maximum atomic E-state index is 12.3. The van der Waals surface area contributed by atoms with E-state index in [1.807, 2.05) is 24.3 Å². The highest BCUT2D eigenvalue weighted by molar-refractivity contribution is 7.18. The number of hydrogen-bond donors (Lipinski definition) is 3. The molecule has 1 unspecified atom stereocenters. The monoisotopic (exact) mass is 445 g/mol. The van der Waals surface area contributed by atoms with E-state index in [1.54, 1.807) is 13.8 Å². The highest BCUT2D eigenvalue weighted by atomic mass is 32.1. The maximum absolute atomic E-state index is 12.3. The minimum atomic E-state index is -1.17. The summed E-state index contributed by atoms with van der Waals surface area (Å²) in [7, 11) is 0. The van der Waals surface area contributed by atoms with E-state index in [2.05, 4.69) is 5.32 Å². The zero-order chi connectivity index (χ0) is 22.5. The third kappa shape index (κ3) is 5.44. The van der Waals surface area contributed by atoms with Crippen LogP contribution >= 0.6 is 11.3 Å². The van der Waals surface area contributed by atoms with Crippen molar-refractivity contribution in [1.29, 1.82) is 0 Å². The number of aromatic carboxylic acids is 1. The number of carbonyl (C=O) groups is 3. The number of aliphatic carboxylic acids is 1. The standard InChI is InChI=1S/C23H27NO6S/c1-13-20(30-12-18(26)27)22(23(28)29)31-21(13)16-9-6-10-17(11-16)24-19(14(2)25)15-7-4-3-5-8-15/h6,9-11,15,19,24H,3-5,7-8,12H2,1-2H3,(H,26,27)(H,28,29). The van der Waals surface area contributed by atoms with Crippen molar-refractivity contribution in [2.45, 2.75) is 52.0 Å². The van der Waals surface area contributed by atoms with Crippen molar-refractivity contribution in [3.8, 4) is 16.2 Å². The molecule has 1 heterocycles. The average molecular weight is 446 g/mol. The Labute approximate surface area is 185 Å². The van der Waals surface area contributed by atoms with Crippen LogP contribution in [0.5, 0.6) is 5.75 Å². The number of carboxylic acids is 2. The molecule has 0 aliphatic heterocycles. The highest BCUT2D eigenvalue weighted by Gasteiger charge is 2.27. The predicted molar refractivity (Wildman–Crippen MR) is 119 cm³/mol. The van der Waals surface area contributed by atoms with Crippen molar-refractivity contribution in [3.05, 3.63) is 34.7 Å². The number of carbonyl (C=O) groups excluding carboxylic acids is 1. The number of anilines is 1. The van der Waals surface area contributed by atoms with Crippen LogP contribution in [0.25, 0.3) is 10.4 Å². The summed E-state index contributed by atoms with van der Waals surface area (Å²) < 4.78 is 5.27. The van der Waals surface area contributed by atoms with Crippen LogP contribution in [-0.2, 0) is 9.59 Å². The Hall–Kier alpha value is -2.87. The van der Waals surface area contributed by atoms with Gasteiger partial charge in [-0.3, -0.25) is 4.79 Å². The molecule has 0 saturated heterocycles. The van der Waals surface area contributed by atoms with Crippen molar-refractivity contribution in [2.24, 2.45) is 5.92 Å². The number of ether oxygens (including phenoxy) is 1. The minimum absolute atomic E-state index is 0.0315. The maximum Gasteiger partial charge on any atom is 0.349 e. The molecule has 8 heteroatoms. The molecule has 1 aliphatic rings. The lowest BCUT2D eigenvalue weighted by atomic mass is 9.82. The van der Waals surface area contributed by atoms with Crippen LogP contribution in [-0.4, -0.2) is 40.6 Å². The molecule has 1 aromatic carbocycles. The first-order valence-corrected chi connectivity index (χ1v) is 11.2. The van der Waals surface area contributed by atoms with E-state index in [4.69, 9.17) is 9.84 Å². The Balaban J connectivity index is 1.90. The van der Waals surface area contributed by atoms with E-state index in [-0.39, 0.29) is 22.5 Å². The van der Waals surface area contributed by atoms with Crippen molar-refractivity contribution >= 4 is 34.7 Å². The minimum Gasteiger partial charge on any atom is -0.480 e. The number of carboxylic acid groups (broad SMARTS) is 2. The van der Waals surface area contributed by atoms with Crippen LogP contribution in [0.2, 0.25) is 0 Å². The van der Waals surface area contributed by atoms with Gasteiger partial charge in [0.2, 0.25) is 0 Å². The van der Waals surface area contributed by atoms with Crippen molar-refractivity contribution < 1.29 is 29.3 Å². The fourth-order valence-corrected chi connectivity index (χ4v) is 5.26. The fraction of sp³-hybridized carbons (Fsp3) is 0.435. The molecule has 31 heavy (non-hydrogen) atoms. The first kappa shape index (κ1) is 22.8. The number of nitrogens with one attached hydrogen (secondary N) is 1. The van der Waals surface area contributed by atoms with E-state index in [0.717, 1.165) is 48.3 Å². The molecule has 3 N–H and O–H groups in total. The Morgan fingerprint density at radius 2 is 1.90 bits per heavy atom. The first-order chi connectivity index (χ1) is 14.8. The molecule has 7 nitrogen and oxygen atoms in total. The lowest BCUT2D eigenvalue weighted by Gasteiger charge is -2.30. The van der Waals surface area contributed by atoms with Crippen LogP contribution in [0.15, 0.2) is 24.3 Å². The lowest BCUT2D eigenvalue weighted by molar-refractivity contribution is -0.139. The van der Waals surface area contributed by atoms with Crippen LogP contribution in [0.4, 0.5) is 5.69 Å². The summed E-state index contributed by atoms with van der Waals surface area (Å²) in [5, 5.41) is 21.8. The van der Waals surface area contributed by atoms with Crippen LogP contribution in [0.3, 0.4) is 0 Å². The Kier molecular flexibility index (Phi) is 7.33. The summed E-state index contributed by atoms with van der Waals surface area (Å²) in [6, 6.07) is 7.26. The van der Waals surface area contributed by atoms with Gasteiger partial charge >= 0.3 is 11.9 Å². The predicted octanol–water partition coefficient (Wildman–Crippen LogP) is 4.83. The number of hydrogen-bond acceptors (Lipinski definition) is 6. The van der Waals surface area contributed by atoms with Gasteiger partial charge in [-0.1, -0.05) is 31.4 Å². The van der Waals surface area contributed by atoms with Gasteiger partial charge in [-0.25, -0.2) is 9.59 Å². The van der Waals surface area contributed by atoms with Crippen LogP contribution in [0, 0.1) is 12.8 Å². The van der Waals surface area contributed by atoms with Gasteiger partial charge < -0.3 is 20.3 Å². The molecule has 166 valence electrons. The van der Waals surface area contributed by atoms with Crippen LogP contribution < -0.4 is 10.1 Å². The summed E-state index contributed by atoms with van der Waals surface area (Å²) >= 11 is 1.05. The molecule has 0 bridgehead atoms. The van der Waals surface area contributed by atoms with E-state index in [1.165, 1.54) is 6.42 Å². The average Bonchev–Trinajstić information content (AvgIpc) is 3.07. The van der Waals surface area contributed by atoms with Gasteiger partial charge in [0.25, 0.3) is 0 Å². The molecule has 1 fully saturated rings. The summed E-state index contributed by atoms with van der Waals surface area (Å²) in [6.07, 6.45) is 5.57. The van der Waals surface area contributed by atoms with E-state index in [0.29, 0.717) is 16.4 Å². The molecular formula is C23H27NO6S. The van der Waals surface area contributed by atoms with Gasteiger partial charge in [-0.2, -0.15) is 0 Å². The molecule has 1 atom stereocenters. The second-order valence-corrected chi connectivity index (χ2v) is 8.93. The van der Waals surface area contributed by atoms with Crippen molar-refractivity contribution in [3.63, 3.8) is 0 Å². The summed E-state index contributed by atoms with van der Waals surface area (Å²) in [4.78, 5) is 35.5. The molecule has 1 aliphatic carbocycles. The summed E-state index contributed by atoms with van der Waals surface area (Å²) in [6.45, 7) is 2.72. The van der Waals surface area contributed by atoms with Gasteiger partial charge in [-0.05, 0) is 50.3 Å². The molecular weight excluding hydrogens is 418 g/mol. The van der Waals surface area contributed by atoms with Crippen molar-refractivity contribution in [2.75, 3.05) is 11.9 Å². The zero-order valence-corrected chi connectivity index (χ0v) is 18.5. The first-order valence-electron chi connectivity index (χ1n) is 10.4. The van der Waals surface area contributed by atoms with Gasteiger partial charge in [0.1, 0.15) is 5.75 Å². The normalized spacial score (nSPS) is 15.3. The Morgan fingerprint density at radius 1 is 1.19 bits per heavy atom. The third-order valence-electron chi connectivity index (χ3n) is 5.63. The van der Waals surface area contributed by atoms with E-state index >= 15 is 0 Å². The molecule has 3 rings (SSSR count). The second-order valence-electron chi connectivity index (χ2n) is 7.91. The highest BCUT2D eigenvalue weighted by Crippen LogP contribution is 2.42. The number of rotatable bonds is 9. The molecule has 0 amide bonds. The summed E-state index contributed by atoms with van der Waals surface area (Å²) in [5.74, 6) is -1.83. The Bertz CT molecular complexity index is 976.